The van der Waals surface area contributed by atoms with E-state index in [1.165, 1.54) is 0 Å². The zero-order valence-electron chi connectivity index (χ0n) is 18.5. The van der Waals surface area contributed by atoms with Crippen LogP contribution in [0.2, 0.25) is 0 Å². The summed E-state index contributed by atoms with van der Waals surface area (Å²) in [5, 5.41) is 4.51. The van der Waals surface area contributed by atoms with Crippen molar-refractivity contribution in [3.8, 4) is 11.6 Å². The van der Waals surface area contributed by atoms with Gasteiger partial charge in [-0.1, -0.05) is 0 Å². The molecule has 3 aromatic heterocycles. The van der Waals surface area contributed by atoms with Crippen LogP contribution in [0.5, 0.6) is 5.75 Å². The van der Waals surface area contributed by atoms with Gasteiger partial charge < -0.3 is 4.74 Å². The number of aryl methyl sites for hydroxylation is 2. The minimum Gasteiger partial charge on any atom is -0.493 e. The van der Waals surface area contributed by atoms with Gasteiger partial charge in [0.15, 0.2) is 34.8 Å². The Labute approximate surface area is 193 Å². The summed E-state index contributed by atoms with van der Waals surface area (Å²) in [4.78, 5) is 13.3. The first kappa shape index (κ1) is 21.9. The van der Waals surface area contributed by atoms with Gasteiger partial charge >= 0.3 is 0 Å². The Morgan fingerprint density at radius 3 is 2.59 bits per heavy atom. The topological polar surface area (TPSA) is 70.7 Å². The lowest BCUT2D eigenvalue weighted by Crippen LogP contribution is -2.18. The highest BCUT2D eigenvalue weighted by Gasteiger charge is 2.27. The summed E-state index contributed by atoms with van der Waals surface area (Å²) >= 11 is 0. The van der Waals surface area contributed by atoms with Crippen LogP contribution in [0.4, 0.5) is 13.2 Å². The lowest BCUT2D eigenvalue weighted by molar-refractivity contribution is 0.410. The molecule has 0 fully saturated rings. The van der Waals surface area contributed by atoms with Gasteiger partial charge in [-0.25, -0.2) is 32.8 Å². The molecule has 0 aliphatic carbocycles. The number of imidazole rings is 1. The number of nitrogens with zero attached hydrogens (tertiary/aromatic N) is 6. The van der Waals surface area contributed by atoms with E-state index in [0.717, 1.165) is 29.8 Å². The largest absolute Gasteiger partial charge is 0.493 e. The summed E-state index contributed by atoms with van der Waals surface area (Å²) in [6.45, 7) is 2.54. The zero-order valence-corrected chi connectivity index (χ0v) is 18.5. The summed E-state index contributed by atoms with van der Waals surface area (Å²) < 4.78 is 50.0. The minimum absolute atomic E-state index is 0.347. The predicted octanol–water partition coefficient (Wildman–Crippen LogP) is 4.69. The lowest BCUT2D eigenvalue weighted by Gasteiger charge is -2.22. The van der Waals surface area contributed by atoms with E-state index >= 15 is 0 Å². The minimum atomic E-state index is -1.47. The molecule has 1 aliphatic rings. The maximum atomic E-state index is 13.8. The number of halogens is 3. The number of hydrogen-bond donors (Lipinski definition) is 0. The molecular weight excluding hydrogens is 445 g/mol. The van der Waals surface area contributed by atoms with Gasteiger partial charge in [-0.15, -0.1) is 0 Å². The molecule has 0 amide bonds. The van der Waals surface area contributed by atoms with Crippen LogP contribution in [0.25, 0.3) is 18.0 Å². The van der Waals surface area contributed by atoms with E-state index in [1.54, 1.807) is 35.0 Å². The van der Waals surface area contributed by atoms with E-state index in [2.05, 4.69) is 20.1 Å². The molecule has 7 nitrogen and oxygen atoms in total. The molecule has 174 valence electrons. The third-order valence-electron chi connectivity index (χ3n) is 5.75. The molecule has 0 saturated carbocycles. The zero-order chi connectivity index (χ0) is 23.8. The second-order valence-electron chi connectivity index (χ2n) is 8.09. The molecule has 4 heterocycles. The van der Waals surface area contributed by atoms with Crippen molar-refractivity contribution in [1.82, 2.24) is 29.3 Å². The molecule has 10 heteroatoms. The number of methoxy groups -OCH3 is 1. The van der Waals surface area contributed by atoms with E-state index in [1.807, 2.05) is 25.3 Å². The van der Waals surface area contributed by atoms with E-state index < -0.39 is 17.5 Å². The molecule has 0 radical (unpaired) electrons. The molecule has 0 bridgehead atoms. The van der Waals surface area contributed by atoms with Crippen LogP contribution < -0.4 is 4.74 Å². The number of fused-ring (bicyclic) bond motifs is 1. The van der Waals surface area contributed by atoms with Crippen molar-refractivity contribution in [2.45, 2.75) is 32.2 Å². The van der Waals surface area contributed by atoms with Crippen LogP contribution in [0.3, 0.4) is 0 Å². The highest BCUT2D eigenvalue weighted by Crippen LogP contribution is 2.33. The highest BCUT2D eigenvalue weighted by atomic mass is 19.2. The summed E-state index contributed by atoms with van der Waals surface area (Å²) in [6.07, 6.45) is 10.2. The fraction of sp³-hybridized carbons (Fsp3) is 0.250. The first-order valence-electron chi connectivity index (χ1n) is 10.7. The molecule has 1 aliphatic heterocycles. The highest BCUT2D eigenvalue weighted by molar-refractivity contribution is 5.67. The summed E-state index contributed by atoms with van der Waals surface area (Å²) in [5.74, 6) is -1.99. The lowest BCUT2D eigenvalue weighted by atomic mass is 9.91. The van der Waals surface area contributed by atoms with Gasteiger partial charge in [0.25, 0.3) is 0 Å². The fourth-order valence-electron chi connectivity index (χ4n) is 4.13. The SMILES string of the molecule is COc1cc(/C=C/c2nc3n(n2)CCCC3c2cc(F)c(F)c(F)c2)cnc1-n1cnc(C)c1. The second kappa shape index (κ2) is 8.77. The van der Waals surface area contributed by atoms with Gasteiger partial charge in [-0.3, -0.25) is 4.57 Å². The number of aromatic nitrogens is 6. The Balaban J connectivity index is 1.42. The molecule has 0 saturated heterocycles. The summed E-state index contributed by atoms with van der Waals surface area (Å²) in [6, 6.07) is 3.91. The van der Waals surface area contributed by atoms with Crippen LogP contribution in [-0.4, -0.2) is 36.4 Å². The number of ether oxygens (including phenoxy) is 1. The van der Waals surface area contributed by atoms with Crippen LogP contribution in [0.15, 0.2) is 36.9 Å². The first-order valence-corrected chi connectivity index (χ1v) is 10.7. The van der Waals surface area contributed by atoms with Crippen LogP contribution in [0.1, 0.15) is 47.2 Å². The number of rotatable bonds is 5. The average molecular weight is 466 g/mol. The van der Waals surface area contributed by atoms with Gasteiger partial charge in [0.05, 0.1) is 12.8 Å². The van der Waals surface area contributed by atoms with Gasteiger partial charge in [-0.2, -0.15) is 5.10 Å². The molecule has 1 aromatic carbocycles. The van der Waals surface area contributed by atoms with Crippen LogP contribution in [-0.2, 0) is 6.54 Å². The van der Waals surface area contributed by atoms with Gasteiger partial charge in [0.2, 0.25) is 0 Å². The van der Waals surface area contributed by atoms with Gasteiger partial charge in [0, 0.05) is 24.9 Å². The van der Waals surface area contributed by atoms with Gasteiger partial charge in [-0.05, 0) is 61.2 Å². The molecular formula is C24H21F3N6O. The van der Waals surface area contributed by atoms with Crippen molar-refractivity contribution in [3.05, 3.63) is 82.8 Å². The van der Waals surface area contributed by atoms with Crippen molar-refractivity contribution >= 4 is 12.2 Å². The monoisotopic (exact) mass is 466 g/mol. The Morgan fingerprint density at radius 2 is 1.88 bits per heavy atom. The third-order valence-corrected chi connectivity index (χ3v) is 5.75. The normalized spacial score (nSPS) is 15.6. The Bertz CT molecular complexity index is 1370. The number of benzene rings is 1. The summed E-state index contributed by atoms with van der Waals surface area (Å²) in [7, 11) is 1.57. The second-order valence-corrected chi connectivity index (χ2v) is 8.09. The van der Waals surface area contributed by atoms with E-state index in [0.29, 0.717) is 41.7 Å². The summed E-state index contributed by atoms with van der Waals surface area (Å²) in [5.41, 5.74) is 2.00. The van der Waals surface area contributed by atoms with Crippen molar-refractivity contribution in [3.63, 3.8) is 0 Å². The smallest absolute Gasteiger partial charge is 0.194 e. The molecule has 1 unspecified atom stereocenters. The molecule has 1 atom stereocenters. The quantitative estimate of drug-likeness (QED) is 0.399. The van der Waals surface area contributed by atoms with E-state index in [4.69, 9.17) is 4.74 Å². The predicted molar refractivity (Wildman–Crippen MR) is 119 cm³/mol. The van der Waals surface area contributed by atoms with Crippen molar-refractivity contribution in [1.29, 1.82) is 0 Å². The number of pyridine rings is 1. The first-order chi connectivity index (χ1) is 16.4. The molecule has 0 N–H and O–H groups in total. The fourth-order valence-corrected chi connectivity index (χ4v) is 4.13. The van der Waals surface area contributed by atoms with E-state index in [9.17, 15) is 13.2 Å². The maximum absolute atomic E-state index is 13.8. The third kappa shape index (κ3) is 4.07. The Morgan fingerprint density at radius 1 is 1.09 bits per heavy atom. The average Bonchev–Trinajstić information content (AvgIpc) is 3.46. The van der Waals surface area contributed by atoms with Gasteiger partial charge in [0.1, 0.15) is 12.2 Å². The maximum Gasteiger partial charge on any atom is 0.194 e. The van der Waals surface area contributed by atoms with Crippen molar-refractivity contribution in [2.75, 3.05) is 7.11 Å². The Kier molecular flexibility index (Phi) is 5.64. The molecule has 4 aromatic rings. The standard InChI is InChI=1S/C24H21F3N6O/c1-14-12-32(13-29-14)24-20(34-2)8-15(11-28-24)5-6-21-30-23-17(4-3-7-33(23)31-21)16-9-18(25)22(27)19(26)10-16/h5-6,8-13,17H,3-4,7H2,1-2H3/b6-5+. The number of hydrogen-bond acceptors (Lipinski definition) is 5. The Hall–Kier alpha value is -3.95. The van der Waals surface area contributed by atoms with Crippen molar-refractivity contribution in [2.24, 2.45) is 0 Å². The van der Waals surface area contributed by atoms with Crippen LogP contribution >= 0.6 is 0 Å². The molecule has 0 spiro atoms. The van der Waals surface area contributed by atoms with E-state index in [-0.39, 0.29) is 5.92 Å². The molecule has 34 heavy (non-hydrogen) atoms. The van der Waals surface area contributed by atoms with Crippen LogP contribution in [0, 0.1) is 24.4 Å². The molecule has 5 rings (SSSR count). The van der Waals surface area contributed by atoms with Crippen molar-refractivity contribution < 1.29 is 17.9 Å².